The average molecular weight is 180 g/mol. The van der Waals surface area contributed by atoms with E-state index in [9.17, 15) is 9.70 Å². The van der Waals surface area contributed by atoms with Crippen molar-refractivity contribution in [3.8, 4) is 0 Å². The van der Waals surface area contributed by atoms with Crippen LogP contribution in [0.3, 0.4) is 0 Å². The largest absolute Gasteiger partial charge is 0.478 e. The minimum Gasteiger partial charge on any atom is -0.478 e. The maximum atomic E-state index is 10.6. The molecule has 0 radical (unpaired) electrons. The first-order chi connectivity index (χ1) is 6.25. The van der Waals surface area contributed by atoms with E-state index in [0.29, 0.717) is 5.69 Å². The van der Waals surface area contributed by atoms with Gasteiger partial charge in [0.25, 0.3) is 0 Å². The van der Waals surface area contributed by atoms with Gasteiger partial charge in [-0.25, -0.2) is 4.79 Å². The number of para-hydroxylation sites is 1. The van der Waals surface area contributed by atoms with Gasteiger partial charge in [0.15, 0.2) is 0 Å². The normalized spacial score (nSPS) is 9.23. The number of benzene rings is 1. The van der Waals surface area contributed by atoms with Gasteiger partial charge in [0.1, 0.15) is 6.67 Å². The molecule has 0 aromatic heterocycles. The van der Waals surface area contributed by atoms with E-state index in [-0.39, 0.29) is 12.2 Å². The van der Waals surface area contributed by atoms with Crippen molar-refractivity contribution in [3.05, 3.63) is 34.7 Å². The topological polar surface area (TPSA) is 78.8 Å². The summed E-state index contributed by atoms with van der Waals surface area (Å²) in [5.41, 5.74) is 0.528. The van der Waals surface area contributed by atoms with Crippen LogP contribution in [0.2, 0.25) is 0 Å². The number of aromatic carboxylic acids is 1. The van der Waals surface area contributed by atoms with E-state index in [0.717, 1.165) is 0 Å². The fraction of sp³-hybridized carbons (Fsp3) is 0.125. The van der Waals surface area contributed by atoms with E-state index in [4.69, 9.17) is 5.11 Å². The summed E-state index contributed by atoms with van der Waals surface area (Å²) in [6, 6.07) is 6.33. The minimum atomic E-state index is -1.03. The first-order valence-corrected chi connectivity index (χ1v) is 3.61. The zero-order valence-electron chi connectivity index (χ0n) is 6.73. The Hall–Kier alpha value is -1.91. The summed E-state index contributed by atoms with van der Waals surface area (Å²) in [6.45, 7) is -0.135. The van der Waals surface area contributed by atoms with Gasteiger partial charge in [0, 0.05) is 0 Å². The number of hydrogen-bond donors (Lipinski definition) is 2. The molecule has 0 saturated carbocycles. The predicted octanol–water partition coefficient (Wildman–Crippen LogP) is 1.52. The van der Waals surface area contributed by atoms with Crippen LogP contribution in [0.15, 0.2) is 29.4 Å². The number of anilines is 1. The predicted molar refractivity (Wildman–Crippen MR) is 47.7 cm³/mol. The number of nitrogens with one attached hydrogen (secondary N) is 1. The molecule has 1 rings (SSSR count). The molecule has 5 heteroatoms. The summed E-state index contributed by atoms with van der Waals surface area (Å²) in [4.78, 5) is 20.4. The molecule has 0 amide bonds. The molecule has 1 aromatic carbocycles. The van der Waals surface area contributed by atoms with Crippen LogP contribution < -0.4 is 5.32 Å². The van der Waals surface area contributed by atoms with Crippen LogP contribution in [0.25, 0.3) is 0 Å². The molecule has 0 unspecified atom stereocenters. The molecule has 5 nitrogen and oxygen atoms in total. The molecule has 0 saturated heterocycles. The lowest BCUT2D eigenvalue weighted by molar-refractivity contribution is 0.0698. The van der Waals surface area contributed by atoms with Crippen molar-refractivity contribution in [2.45, 2.75) is 0 Å². The maximum Gasteiger partial charge on any atom is 0.337 e. The molecular formula is C8H8N2O3. The van der Waals surface area contributed by atoms with Gasteiger partial charge in [-0.3, -0.25) is 0 Å². The summed E-state index contributed by atoms with van der Waals surface area (Å²) in [5.74, 6) is -1.03. The molecule has 2 N–H and O–H groups in total. The van der Waals surface area contributed by atoms with Gasteiger partial charge in [-0.1, -0.05) is 12.1 Å². The minimum absolute atomic E-state index is 0.131. The van der Waals surface area contributed by atoms with Crippen molar-refractivity contribution >= 4 is 11.7 Å². The van der Waals surface area contributed by atoms with Crippen LogP contribution in [0.4, 0.5) is 5.69 Å². The van der Waals surface area contributed by atoms with Gasteiger partial charge in [-0.15, -0.1) is 4.91 Å². The van der Waals surface area contributed by atoms with E-state index in [2.05, 4.69) is 10.5 Å². The highest BCUT2D eigenvalue weighted by atomic mass is 16.4. The maximum absolute atomic E-state index is 10.6. The van der Waals surface area contributed by atoms with E-state index in [1.54, 1.807) is 18.2 Å². The number of carboxylic acid groups (broad SMARTS) is 1. The van der Waals surface area contributed by atoms with Gasteiger partial charge < -0.3 is 10.4 Å². The average Bonchev–Trinajstić information content (AvgIpc) is 2.15. The Kier molecular flexibility index (Phi) is 2.97. The Bertz CT molecular complexity index is 325. The fourth-order valence-electron chi connectivity index (χ4n) is 0.941. The Morgan fingerprint density at radius 1 is 1.46 bits per heavy atom. The molecule has 13 heavy (non-hydrogen) atoms. The third-order valence-electron chi connectivity index (χ3n) is 1.49. The fourth-order valence-corrected chi connectivity index (χ4v) is 0.941. The zero-order chi connectivity index (χ0) is 9.68. The van der Waals surface area contributed by atoms with Crippen molar-refractivity contribution in [3.63, 3.8) is 0 Å². The third-order valence-corrected chi connectivity index (χ3v) is 1.49. The molecule has 0 fully saturated rings. The third kappa shape index (κ3) is 2.26. The number of nitroso groups, excluding NO2 is 1. The lowest BCUT2D eigenvalue weighted by Crippen LogP contribution is -2.05. The van der Waals surface area contributed by atoms with Crippen LogP contribution in [0, 0.1) is 4.91 Å². The molecule has 1 aromatic rings. The number of nitrogens with zero attached hydrogens (tertiary/aromatic N) is 1. The van der Waals surface area contributed by atoms with E-state index >= 15 is 0 Å². The van der Waals surface area contributed by atoms with Crippen molar-refractivity contribution < 1.29 is 9.90 Å². The number of rotatable bonds is 4. The van der Waals surface area contributed by atoms with Crippen molar-refractivity contribution in [1.82, 2.24) is 0 Å². The Morgan fingerprint density at radius 3 is 2.77 bits per heavy atom. The van der Waals surface area contributed by atoms with Gasteiger partial charge in [-0.2, -0.15) is 0 Å². The van der Waals surface area contributed by atoms with Gasteiger partial charge in [-0.05, 0) is 17.3 Å². The summed E-state index contributed by atoms with van der Waals surface area (Å²) >= 11 is 0. The van der Waals surface area contributed by atoms with E-state index < -0.39 is 5.97 Å². The first-order valence-electron chi connectivity index (χ1n) is 3.61. The molecule has 0 aliphatic heterocycles. The smallest absolute Gasteiger partial charge is 0.337 e. The highest BCUT2D eigenvalue weighted by Crippen LogP contribution is 2.14. The summed E-state index contributed by atoms with van der Waals surface area (Å²) in [7, 11) is 0. The highest BCUT2D eigenvalue weighted by molar-refractivity contribution is 5.94. The SMILES string of the molecule is O=NCNc1ccccc1C(=O)O. The molecule has 68 valence electrons. The van der Waals surface area contributed by atoms with Crippen LogP contribution in [0.5, 0.6) is 0 Å². The Morgan fingerprint density at radius 2 is 2.15 bits per heavy atom. The molecular weight excluding hydrogens is 172 g/mol. The summed E-state index contributed by atoms with van der Waals surface area (Å²) < 4.78 is 0. The number of carbonyl (C=O) groups is 1. The molecule has 0 aliphatic carbocycles. The monoisotopic (exact) mass is 180 g/mol. The Balaban J connectivity index is 2.90. The molecule has 0 atom stereocenters. The Labute approximate surface area is 74.4 Å². The molecule has 0 aliphatic rings. The first kappa shape index (κ1) is 9.18. The summed E-state index contributed by atoms with van der Waals surface area (Å²) in [5, 5.41) is 13.9. The second kappa shape index (κ2) is 4.20. The van der Waals surface area contributed by atoms with Crippen LogP contribution in [-0.2, 0) is 0 Å². The lowest BCUT2D eigenvalue weighted by atomic mass is 10.2. The zero-order valence-corrected chi connectivity index (χ0v) is 6.73. The second-order valence-corrected chi connectivity index (χ2v) is 2.31. The summed E-state index contributed by atoms with van der Waals surface area (Å²) in [6.07, 6.45) is 0. The van der Waals surface area contributed by atoms with Crippen molar-refractivity contribution in [2.24, 2.45) is 5.18 Å². The van der Waals surface area contributed by atoms with Gasteiger partial charge in [0.2, 0.25) is 0 Å². The molecule has 0 spiro atoms. The lowest BCUT2D eigenvalue weighted by Gasteiger charge is -2.04. The van der Waals surface area contributed by atoms with E-state index in [1.807, 2.05) is 0 Å². The van der Waals surface area contributed by atoms with Crippen LogP contribution >= 0.6 is 0 Å². The quantitative estimate of drug-likeness (QED) is 0.688. The van der Waals surface area contributed by atoms with Crippen LogP contribution in [-0.4, -0.2) is 17.7 Å². The molecule has 0 bridgehead atoms. The highest BCUT2D eigenvalue weighted by Gasteiger charge is 2.07. The molecule has 0 heterocycles. The van der Waals surface area contributed by atoms with E-state index in [1.165, 1.54) is 6.07 Å². The standard InChI is InChI=1S/C8H8N2O3/c11-8(12)6-3-1-2-4-7(6)9-5-10-13/h1-4,9H,5H2,(H,11,12). The second-order valence-electron chi connectivity index (χ2n) is 2.31. The number of hydrogen-bond acceptors (Lipinski definition) is 4. The van der Waals surface area contributed by atoms with Gasteiger partial charge >= 0.3 is 5.97 Å². The van der Waals surface area contributed by atoms with Crippen molar-refractivity contribution in [2.75, 3.05) is 12.0 Å². The van der Waals surface area contributed by atoms with Gasteiger partial charge in [0.05, 0.1) is 11.3 Å². The number of carboxylic acids is 1. The van der Waals surface area contributed by atoms with Crippen LogP contribution in [0.1, 0.15) is 10.4 Å². The van der Waals surface area contributed by atoms with Crippen molar-refractivity contribution in [1.29, 1.82) is 0 Å².